The molecule has 16 heteroatoms. The van der Waals surface area contributed by atoms with Crippen molar-refractivity contribution in [2.45, 2.75) is 73.9 Å². The van der Waals surface area contributed by atoms with Gasteiger partial charge in [-0.05, 0) is 41.5 Å². The monoisotopic (exact) mass is 581 g/mol. The Balaban J connectivity index is 5.82. The highest BCUT2D eigenvalue weighted by molar-refractivity contribution is 7.82. The number of thiol groups is 3. The van der Waals surface area contributed by atoms with Crippen molar-refractivity contribution in [1.29, 1.82) is 0 Å². The highest BCUT2D eigenvalue weighted by atomic mass is 32.1. The molecule has 0 aliphatic heterocycles. The van der Waals surface area contributed by atoms with Crippen molar-refractivity contribution in [3.05, 3.63) is 0 Å². The smallest absolute Gasteiger partial charge is 0.241 e. The van der Waals surface area contributed by atoms with Gasteiger partial charge in [-0.3, -0.25) is 33.7 Å². The summed E-state index contributed by atoms with van der Waals surface area (Å²) >= 11 is 12.8. The zero-order valence-corrected chi connectivity index (χ0v) is 24.5. The van der Waals surface area contributed by atoms with Gasteiger partial charge in [0.1, 0.15) is 18.1 Å². The van der Waals surface area contributed by atoms with Gasteiger partial charge in [0.25, 0.3) is 0 Å². The largest absolute Gasteiger partial charge is 0.368 e. The molecule has 0 heterocycles. The summed E-state index contributed by atoms with van der Waals surface area (Å²) in [7, 11) is 0. The van der Waals surface area contributed by atoms with Crippen molar-refractivity contribution in [1.82, 2.24) is 20.9 Å². The third-order valence-corrected chi connectivity index (χ3v) is 5.77. The van der Waals surface area contributed by atoms with Crippen LogP contribution in [0.5, 0.6) is 0 Å². The second kappa shape index (κ2) is 13.6. The molecule has 13 nitrogen and oxygen atoms in total. The van der Waals surface area contributed by atoms with Crippen molar-refractivity contribution in [2.24, 2.45) is 17.2 Å². The van der Waals surface area contributed by atoms with Gasteiger partial charge in [-0.25, -0.2) is 0 Å². The lowest BCUT2D eigenvalue weighted by molar-refractivity contribution is -0.133. The molecule has 0 radical (unpaired) electrons. The minimum Gasteiger partial charge on any atom is -0.368 e. The molecule has 0 saturated carbocycles. The Morgan fingerprint density at radius 3 is 0.892 bits per heavy atom. The van der Waals surface area contributed by atoms with E-state index < -0.39 is 87.4 Å². The number of nitrogens with zero attached hydrogens (tertiary/aromatic N) is 1. The van der Waals surface area contributed by atoms with Crippen LogP contribution in [0, 0.1) is 0 Å². The number of amides is 6. The van der Waals surface area contributed by atoms with E-state index in [-0.39, 0.29) is 0 Å². The number of nitrogens with one attached hydrogen (secondary N) is 3. The van der Waals surface area contributed by atoms with Gasteiger partial charge >= 0.3 is 0 Å². The summed E-state index contributed by atoms with van der Waals surface area (Å²) in [5, 5.41) is 7.30. The van der Waals surface area contributed by atoms with Gasteiger partial charge in [0, 0.05) is 14.2 Å². The zero-order chi connectivity index (χ0) is 29.5. The lowest BCUT2D eigenvalue weighted by atomic mass is 10.0. The molecule has 0 unspecified atom stereocenters. The first-order valence-electron chi connectivity index (χ1n) is 11.1. The van der Waals surface area contributed by atoms with Crippen LogP contribution < -0.4 is 33.2 Å². The maximum absolute atomic E-state index is 12.7. The average molecular weight is 582 g/mol. The first-order chi connectivity index (χ1) is 16.5. The molecule has 0 spiro atoms. The second-order valence-electron chi connectivity index (χ2n) is 10.3. The Hall–Kier alpha value is -2.17. The van der Waals surface area contributed by atoms with Gasteiger partial charge in [0.05, 0.1) is 19.6 Å². The van der Waals surface area contributed by atoms with Gasteiger partial charge in [-0.15, -0.1) is 0 Å². The van der Waals surface area contributed by atoms with Crippen LogP contribution in [0.2, 0.25) is 0 Å². The molecule has 9 N–H and O–H groups in total. The van der Waals surface area contributed by atoms with Crippen LogP contribution in [0.25, 0.3) is 0 Å². The van der Waals surface area contributed by atoms with E-state index in [1.54, 1.807) is 41.5 Å². The third-order valence-electron chi connectivity index (χ3n) is 4.99. The molecular weight excluding hydrogens is 542 g/mol. The highest BCUT2D eigenvalue weighted by Crippen LogP contribution is 2.19. The number of hydrogen-bond acceptors (Lipinski definition) is 10. The number of hydrogen-bond donors (Lipinski definition) is 9. The topological polar surface area (TPSA) is 220 Å². The summed E-state index contributed by atoms with van der Waals surface area (Å²) in [4.78, 5) is 74.7. The molecule has 0 rings (SSSR count). The first-order valence-corrected chi connectivity index (χ1v) is 12.5. The summed E-state index contributed by atoms with van der Waals surface area (Å²) in [6.45, 7) is 7.79. The molecule has 6 amide bonds. The lowest BCUT2D eigenvalue weighted by Crippen LogP contribution is -2.59. The first kappa shape index (κ1) is 34.8. The zero-order valence-electron chi connectivity index (χ0n) is 21.8. The summed E-state index contributed by atoms with van der Waals surface area (Å²) in [6.07, 6.45) is 0. The molecule has 3 atom stereocenters. The van der Waals surface area contributed by atoms with Crippen LogP contribution in [0.4, 0.5) is 0 Å². The molecule has 0 aliphatic carbocycles. The molecular formula is C21H39N7O6S3. The Morgan fingerprint density at radius 2 is 0.757 bits per heavy atom. The average Bonchev–Trinajstić information content (AvgIpc) is 2.64. The standard InChI is InChI=1S/C21H39N7O6S3/c1-19(2,35)13(16(22)32)25-10(29)7-28(8-11(30)26-14(17(23)33)20(3,4)36)9-12(31)27-15(18(24)34)21(5,6)37/h13-15,35-37H,7-9H2,1-6H3,(H2,22,32)(H2,23,33)(H2,24,34)(H,25,29)(H,26,30)(H,27,31)/t13-,14-,15-/m0/s1. The van der Waals surface area contributed by atoms with Gasteiger partial charge in [0.15, 0.2) is 0 Å². The Kier molecular flexibility index (Phi) is 12.8. The maximum Gasteiger partial charge on any atom is 0.241 e. The maximum atomic E-state index is 12.7. The quantitative estimate of drug-likeness (QED) is 0.0932. The molecule has 212 valence electrons. The molecule has 37 heavy (non-hydrogen) atoms. The van der Waals surface area contributed by atoms with E-state index in [1.807, 2.05) is 0 Å². The van der Waals surface area contributed by atoms with Crippen molar-refractivity contribution < 1.29 is 28.8 Å². The number of primary amides is 3. The van der Waals surface area contributed by atoms with Gasteiger partial charge in [-0.2, -0.15) is 37.9 Å². The molecule has 0 fully saturated rings. The molecule has 0 aromatic rings. The van der Waals surface area contributed by atoms with Crippen LogP contribution in [0.1, 0.15) is 41.5 Å². The van der Waals surface area contributed by atoms with Crippen molar-refractivity contribution in [2.75, 3.05) is 19.6 Å². The van der Waals surface area contributed by atoms with Gasteiger partial charge in [0.2, 0.25) is 35.4 Å². The summed E-state index contributed by atoms with van der Waals surface area (Å²) < 4.78 is -3.04. The van der Waals surface area contributed by atoms with E-state index in [9.17, 15) is 28.8 Å². The van der Waals surface area contributed by atoms with E-state index in [0.717, 1.165) is 4.90 Å². The van der Waals surface area contributed by atoms with E-state index in [2.05, 4.69) is 53.8 Å². The molecule has 0 saturated heterocycles. The fourth-order valence-corrected chi connectivity index (χ4v) is 3.76. The third kappa shape index (κ3) is 12.8. The normalized spacial score (nSPS) is 14.8. The van der Waals surface area contributed by atoms with Gasteiger partial charge < -0.3 is 33.2 Å². The molecule has 0 aliphatic rings. The van der Waals surface area contributed by atoms with Crippen LogP contribution >= 0.6 is 37.9 Å². The molecule has 0 aromatic carbocycles. The summed E-state index contributed by atoms with van der Waals surface area (Å²) in [5.74, 6) is -4.74. The lowest BCUT2D eigenvalue weighted by Gasteiger charge is -2.31. The number of carbonyl (C=O) groups is 6. The SMILES string of the molecule is CC(C)(S)[C@@H](NC(=O)CN(CC(=O)N[C@@H](C(N)=O)C(C)(C)S)CC(=O)N[C@@H](C(N)=O)C(C)(C)S)C(N)=O. The van der Waals surface area contributed by atoms with Crippen LogP contribution in [0.15, 0.2) is 0 Å². The molecule has 0 bridgehead atoms. The van der Waals surface area contributed by atoms with Crippen molar-refractivity contribution >= 4 is 73.3 Å². The van der Waals surface area contributed by atoms with Gasteiger partial charge in [-0.1, -0.05) is 0 Å². The Labute approximate surface area is 233 Å². The van der Waals surface area contributed by atoms with E-state index >= 15 is 0 Å². The van der Waals surface area contributed by atoms with Crippen LogP contribution in [0.3, 0.4) is 0 Å². The van der Waals surface area contributed by atoms with Crippen molar-refractivity contribution in [3.63, 3.8) is 0 Å². The predicted octanol–water partition coefficient (Wildman–Crippen LogP) is -2.68. The highest BCUT2D eigenvalue weighted by Gasteiger charge is 2.36. The second-order valence-corrected chi connectivity index (χ2v) is 13.8. The summed E-state index contributed by atoms with van der Waals surface area (Å²) in [6, 6.07) is -3.50. The number of rotatable bonds is 15. The summed E-state index contributed by atoms with van der Waals surface area (Å²) in [5.41, 5.74) is 16.1. The number of carbonyl (C=O) groups excluding carboxylic acids is 6. The van der Waals surface area contributed by atoms with E-state index in [4.69, 9.17) is 17.2 Å². The fourth-order valence-electron chi connectivity index (χ4n) is 3.18. The number of nitrogens with two attached hydrogens (primary N) is 3. The Bertz CT molecular complexity index is 782. The van der Waals surface area contributed by atoms with Crippen LogP contribution in [-0.2, 0) is 28.8 Å². The van der Waals surface area contributed by atoms with E-state index in [0.29, 0.717) is 0 Å². The minimum absolute atomic E-state index is 0.536. The van der Waals surface area contributed by atoms with Crippen LogP contribution in [-0.4, -0.2) is 92.3 Å². The minimum atomic E-state index is -1.17. The molecule has 0 aromatic heterocycles. The van der Waals surface area contributed by atoms with Crippen molar-refractivity contribution in [3.8, 4) is 0 Å². The fraction of sp³-hybridized carbons (Fsp3) is 0.714. The predicted molar refractivity (Wildman–Crippen MR) is 149 cm³/mol. The Morgan fingerprint density at radius 1 is 0.568 bits per heavy atom. The van der Waals surface area contributed by atoms with E-state index in [1.165, 1.54) is 0 Å².